The maximum Gasteiger partial charge on any atom is 0.0875 e. The quantitative estimate of drug-likeness (QED) is 0.849. The van der Waals surface area contributed by atoms with Crippen molar-refractivity contribution in [3.63, 3.8) is 0 Å². The van der Waals surface area contributed by atoms with Crippen LogP contribution in [0.3, 0.4) is 0 Å². The molecular weight excluding hydrogens is 258 g/mol. The Morgan fingerprint density at radius 2 is 2.00 bits per heavy atom. The van der Waals surface area contributed by atoms with Crippen molar-refractivity contribution in [2.24, 2.45) is 5.92 Å². The van der Waals surface area contributed by atoms with Crippen LogP contribution >= 0.6 is 11.6 Å². The van der Waals surface area contributed by atoms with Gasteiger partial charge in [-0.3, -0.25) is 0 Å². The van der Waals surface area contributed by atoms with Crippen molar-refractivity contribution in [2.75, 3.05) is 5.32 Å². The lowest BCUT2D eigenvalue weighted by Gasteiger charge is -2.49. The zero-order chi connectivity index (χ0) is 13.3. The average Bonchev–Trinajstić information content (AvgIpc) is 2.40. The summed E-state index contributed by atoms with van der Waals surface area (Å²) in [5, 5.41) is 15.4. The average molecular weight is 280 g/mol. The third-order valence-electron chi connectivity index (χ3n) is 4.90. The Morgan fingerprint density at radius 3 is 2.84 bits per heavy atom. The van der Waals surface area contributed by atoms with Crippen molar-refractivity contribution in [2.45, 2.75) is 56.6 Å². The van der Waals surface area contributed by atoms with Crippen LogP contribution in [0.1, 0.15) is 44.9 Å². The minimum Gasteiger partial charge on any atom is -0.387 e. The fourth-order valence-corrected chi connectivity index (χ4v) is 4.09. The number of hydrogen-bond donors (Lipinski definition) is 2. The molecule has 0 aliphatic heterocycles. The van der Waals surface area contributed by atoms with Gasteiger partial charge in [0.2, 0.25) is 0 Å². The van der Waals surface area contributed by atoms with E-state index in [1.807, 2.05) is 24.3 Å². The van der Waals surface area contributed by atoms with Gasteiger partial charge in [-0.1, -0.05) is 36.9 Å². The number of halogens is 1. The van der Waals surface area contributed by atoms with E-state index in [9.17, 15) is 5.11 Å². The van der Waals surface area contributed by atoms with Crippen LogP contribution in [0.25, 0.3) is 0 Å². The number of aliphatic hydroxyl groups is 1. The summed E-state index contributed by atoms with van der Waals surface area (Å²) in [6.45, 7) is 0. The minimum atomic E-state index is -0.515. The van der Waals surface area contributed by atoms with Gasteiger partial charge in [-0.15, -0.1) is 0 Å². The molecule has 0 heterocycles. The van der Waals surface area contributed by atoms with Crippen LogP contribution < -0.4 is 5.32 Å². The first-order chi connectivity index (χ1) is 9.18. The number of fused-ring (bicyclic) bond motifs is 1. The summed E-state index contributed by atoms with van der Waals surface area (Å²) < 4.78 is 0. The van der Waals surface area contributed by atoms with Crippen LogP contribution in [0.5, 0.6) is 0 Å². The zero-order valence-corrected chi connectivity index (χ0v) is 12.0. The lowest BCUT2D eigenvalue weighted by molar-refractivity contribution is -0.0835. The normalized spacial score (nSPS) is 34.6. The predicted octanol–water partition coefficient (Wildman–Crippen LogP) is 4.23. The standard InChI is InChI=1S/C16H22ClNO/c17-13-7-4-8-14(11-13)18-15-9-3-6-12-5-1-2-10-16(12,15)19/h4,7-8,11-12,15,18-19H,1-3,5-6,9-10H2/t12-,15-,16-/m1/s1. The Balaban J connectivity index is 1.79. The fourth-order valence-electron chi connectivity index (χ4n) is 3.90. The van der Waals surface area contributed by atoms with Gasteiger partial charge in [-0.2, -0.15) is 0 Å². The second-order valence-corrected chi connectivity index (χ2v) is 6.51. The van der Waals surface area contributed by atoms with Crippen LogP contribution in [0, 0.1) is 5.92 Å². The summed E-state index contributed by atoms with van der Waals surface area (Å²) in [5.74, 6) is 0.478. The van der Waals surface area contributed by atoms with E-state index in [2.05, 4.69) is 5.32 Å². The number of nitrogens with one attached hydrogen (secondary N) is 1. The molecule has 2 saturated carbocycles. The van der Waals surface area contributed by atoms with E-state index >= 15 is 0 Å². The fraction of sp³-hybridized carbons (Fsp3) is 0.625. The van der Waals surface area contributed by atoms with Gasteiger partial charge in [0, 0.05) is 10.7 Å². The third kappa shape index (κ3) is 2.61. The minimum absolute atomic E-state index is 0.171. The molecule has 1 aromatic carbocycles. The molecule has 3 atom stereocenters. The van der Waals surface area contributed by atoms with Crippen LogP contribution in [-0.4, -0.2) is 16.7 Å². The second kappa shape index (κ2) is 5.34. The Bertz CT molecular complexity index is 448. The number of benzene rings is 1. The second-order valence-electron chi connectivity index (χ2n) is 6.07. The highest BCUT2D eigenvalue weighted by molar-refractivity contribution is 6.30. The third-order valence-corrected chi connectivity index (χ3v) is 5.14. The molecule has 2 N–H and O–H groups in total. The van der Waals surface area contributed by atoms with Gasteiger partial charge in [-0.25, -0.2) is 0 Å². The van der Waals surface area contributed by atoms with Crippen LogP contribution in [-0.2, 0) is 0 Å². The number of anilines is 1. The van der Waals surface area contributed by atoms with E-state index in [0.717, 1.165) is 30.0 Å². The van der Waals surface area contributed by atoms with E-state index in [0.29, 0.717) is 5.92 Å². The molecule has 2 fully saturated rings. The molecule has 0 bridgehead atoms. The number of rotatable bonds is 2. The SMILES string of the molecule is O[C@]12CCCC[C@@H]1CCC[C@H]2Nc1cccc(Cl)c1. The highest BCUT2D eigenvalue weighted by Crippen LogP contribution is 2.44. The van der Waals surface area contributed by atoms with Crippen molar-refractivity contribution in [1.82, 2.24) is 0 Å². The summed E-state index contributed by atoms with van der Waals surface area (Å²) >= 11 is 6.03. The van der Waals surface area contributed by atoms with Crippen LogP contribution in [0.2, 0.25) is 5.02 Å². The first-order valence-corrected chi connectivity index (χ1v) is 7.81. The van der Waals surface area contributed by atoms with E-state index < -0.39 is 5.60 Å². The first-order valence-electron chi connectivity index (χ1n) is 7.43. The van der Waals surface area contributed by atoms with Gasteiger partial charge >= 0.3 is 0 Å². The molecule has 3 rings (SSSR count). The molecule has 2 aliphatic carbocycles. The molecule has 0 amide bonds. The molecule has 0 radical (unpaired) electrons. The molecule has 19 heavy (non-hydrogen) atoms. The Hall–Kier alpha value is -0.730. The molecule has 2 aliphatic rings. The largest absolute Gasteiger partial charge is 0.387 e. The molecule has 2 nitrogen and oxygen atoms in total. The molecule has 0 saturated heterocycles. The zero-order valence-electron chi connectivity index (χ0n) is 11.2. The predicted molar refractivity (Wildman–Crippen MR) is 79.6 cm³/mol. The van der Waals surface area contributed by atoms with Crippen molar-refractivity contribution < 1.29 is 5.11 Å². The molecule has 0 unspecified atom stereocenters. The highest BCUT2D eigenvalue weighted by Gasteiger charge is 2.47. The summed E-state index contributed by atoms with van der Waals surface area (Å²) in [5.41, 5.74) is 0.510. The van der Waals surface area contributed by atoms with Gasteiger partial charge < -0.3 is 10.4 Å². The van der Waals surface area contributed by atoms with Gasteiger partial charge in [0.05, 0.1) is 11.6 Å². The summed E-state index contributed by atoms with van der Waals surface area (Å²) in [4.78, 5) is 0. The van der Waals surface area contributed by atoms with Crippen molar-refractivity contribution in [3.8, 4) is 0 Å². The molecule has 0 aromatic heterocycles. The molecular formula is C16H22ClNO. The van der Waals surface area contributed by atoms with Crippen molar-refractivity contribution >= 4 is 17.3 Å². The van der Waals surface area contributed by atoms with Gasteiger partial charge in [-0.05, 0) is 49.8 Å². The molecule has 104 valence electrons. The summed E-state index contributed by atoms with van der Waals surface area (Å²) in [7, 11) is 0. The topological polar surface area (TPSA) is 32.3 Å². The highest BCUT2D eigenvalue weighted by atomic mass is 35.5. The van der Waals surface area contributed by atoms with Gasteiger partial charge in [0.15, 0.2) is 0 Å². The van der Waals surface area contributed by atoms with Crippen molar-refractivity contribution in [3.05, 3.63) is 29.3 Å². The maximum absolute atomic E-state index is 11.1. The maximum atomic E-state index is 11.1. The molecule has 0 spiro atoms. The van der Waals surface area contributed by atoms with E-state index in [1.54, 1.807) is 0 Å². The Labute approximate surface area is 120 Å². The summed E-state index contributed by atoms with van der Waals surface area (Å²) in [6.07, 6.45) is 8.01. The Kier molecular flexibility index (Phi) is 3.72. The van der Waals surface area contributed by atoms with Crippen LogP contribution in [0.15, 0.2) is 24.3 Å². The lowest BCUT2D eigenvalue weighted by atomic mass is 9.65. The Morgan fingerprint density at radius 1 is 1.16 bits per heavy atom. The monoisotopic (exact) mass is 279 g/mol. The van der Waals surface area contributed by atoms with Gasteiger partial charge in [0.25, 0.3) is 0 Å². The number of hydrogen-bond acceptors (Lipinski definition) is 2. The lowest BCUT2D eigenvalue weighted by Crippen LogP contribution is -2.56. The van der Waals surface area contributed by atoms with E-state index in [4.69, 9.17) is 11.6 Å². The van der Waals surface area contributed by atoms with Gasteiger partial charge in [0.1, 0.15) is 0 Å². The molecule has 1 aromatic rings. The summed E-state index contributed by atoms with van der Waals surface area (Å²) in [6, 6.07) is 7.98. The van der Waals surface area contributed by atoms with E-state index in [-0.39, 0.29) is 6.04 Å². The van der Waals surface area contributed by atoms with E-state index in [1.165, 1.54) is 25.7 Å². The first kappa shape index (κ1) is 13.3. The smallest absolute Gasteiger partial charge is 0.0875 e. The molecule has 3 heteroatoms. The van der Waals surface area contributed by atoms with Crippen molar-refractivity contribution in [1.29, 1.82) is 0 Å². The van der Waals surface area contributed by atoms with Crippen LogP contribution in [0.4, 0.5) is 5.69 Å².